The van der Waals surface area contributed by atoms with E-state index in [2.05, 4.69) is 46.4 Å². The van der Waals surface area contributed by atoms with E-state index in [9.17, 15) is 5.11 Å². The third-order valence-electron chi connectivity index (χ3n) is 3.05. The molecule has 2 rings (SSSR count). The number of hydrogen-bond donors (Lipinski definition) is 2. The van der Waals surface area contributed by atoms with Gasteiger partial charge in [-0.05, 0) is 29.7 Å². The highest BCUT2D eigenvalue weighted by atomic mass is 79.9. The van der Waals surface area contributed by atoms with Crippen LogP contribution in [0, 0.1) is 6.92 Å². The molecule has 1 atom stereocenters. The first kappa shape index (κ1) is 14.3. The summed E-state index contributed by atoms with van der Waals surface area (Å²) >= 11 is 3.56. The second-order valence-electron chi connectivity index (χ2n) is 4.65. The van der Waals surface area contributed by atoms with Gasteiger partial charge in [0.2, 0.25) is 0 Å². The number of hydrogen-bond acceptors (Lipinski definition) is 2. The number of rotatable bonds is 5. The molecule has 0 aliphatic heterocycles. The Kier molecular flexibility index (Phi) is 5.14. The molecule has 0 aliphatic rings. The van der Waals surface area contributed by atoms with Crippen molar-refractivity contribution in [3.63, 3.8) is 0 Å². The molecule has 0 saturated heterocycles. The van der Waals surface area contributed by atoms with Gasteiger partial charge in [-0.1, -0.05) is 58.4 Å². The van der Waals surface area contributed by atoms with Crippen LogP contribution in [0.1, 0.15) is 22.8 Å². The Morgan fingerprint density at radius 3 is 2.58 bits per heavy atom. The highest BCUT2D eigenvalue weighted by molar-refractivity contribution is 9.10. The smallest absolute Gasteiger partial charge is 0.0914 e. The molecular weight excluding hydrogens is 302 g/mol. The molecule has 0 saturated carbocycles. The van der Waals surface area contributed by atoms with E-state index >= 15 is 0 Å². The first-order valence-corrected chi connectivity index (χ1v) is 7.15. The van der Waals surface area contributed by atoms with Crippen molar-refractivity contribution in [2.24, 2.45) is 0 Å². The SMILES string of the molecule is Cc1ccc(CNCC(O)c2ccccc2)c(Br)c1. The average molecular weight is 320 g/mol. The van der Waals surface area contributed by atoms with Crippen molar-refractivity contribution in [1.29, 1.82) is 0 Å². The summed E-state index contributed by atoms with van der Waals surface area (Å²) in [6, 6.07) is 16.0. The largest absolute Gasteiger partial charge is 0.387 e. The molecule has 19 heavy (non-hydrogen) atoms. The van der Waals surface area contributed by atoms with Gasteiger partial charge in [0.1, 0.15) is 0 Å². The minimum absolute atomic E-state index is 0.467. The van der Waals surface area contributed by atoms with Crippen molar-refractivity contribution < 1.29 is 5.11 Å². The Bertz CT molecular complexity index is 528. The molecular formula is C16H18BrNO. The van der Waals surface area contributed by atoms with Gasteiger partial charge in [0.25, 0.3) is 0 Å². The van der Waals surface area contributed by atoms with Gasteiger partial charge < -0.3 is 10.4 Å². The van der Waals surface area contributed by atoms with Crippen molar-refractivity contribution in [3.05, 3.63) is 69.7 Å². The normalized spacial score (nSPS) is 12.4. The molecule has 2 N–H and O–H groups in total. The second kappa shape index (κ2) is 6.85. The number of nitrogens with one attached hydrogen (secondary N) is 1. The minimum Gasteiger partial charge on any atom is -0.387 e. The van der Waals surface area contributed by atoms with Gasteiger partial charge in [0.15, 0.2) is 0 Å². The molecule has 3 heteroatoms. The Hall–Kier alpha value is -1.16. The fourth-order valence-corrected chi connectivity index (χ4v) is 2.57. The van der Waals surface area contributed by atoms with E-state index in [1.807, 2.05) is 30.3 Å². The van der Waals surface area contributed by atoms with E-state index in [1.54, 1.807) is 0 Å². The van der Waals surface area contributed by atoms with Crippen LogP contribution in [0.4, 0.5) is 0 Å². The Balaban J connectivity index is 1.86. The van der Waals surface area contributed by atoms with Gasteiger partial charge in [-0.3, -0.25) is 0 Å². The monoisotopic (exact) mass is 319 g/mol. The fraction of sp³-hybridized carbons (Fsp3) is 0.250. The molecule has 0 aliphatic carbocycles. The number of aliphatic hydroxyl groups excluding tert-OH is 1. The first-order chi connectivity index (χ1) is 9.16. The van der Waals surface area contributed by atoms with Gasteiger partial charge in [-0.15, -0.1) is 0 Å². The van der Waals surface area contributed by atoms with Crippen LogP contribution in [0.5, 0.6) is 0 Å². The summed E-state index contributed by atoms with van der Waals surface area (Å²) in [5.74, 6) is 0. The van der Waals surface area contributed by atoms with Gasteiger partial charge in [0.05, 0.1) is 6.10 Å². The summed E-state index contributed by atoms with van der Waals surface area (Å²) in [4.78, 5) is 0. The molecule has 0 amide bonds. The molecule has 0 spiro atoms. The van der Waals surface area contributed by atoms with Crippen molar-refractivity contribution >= 4 is 15.9 Å². The minimum atomic E-state index is -0.467. The lowest BCUT2D eigenvalue weighted by molar-refractivity contribution is 0.174. The number of aliphatic hydroxyl groups is 1. The summed E-state index contributed by atoms with van der Waals surface area (Å²) in [6.45, 7) is 3.36. The molecule has 0 radical (unpaired) electrons. The molecule has 0 aromatic heterocycles. The summed E-state index contributed by atoms with van der Waals surface area (Å²) in [5, 5.41) is 13.3. The predicted octanol–water partition coefficient (Wildman–Crippen LogP) is 3.58. The van der Waals surface area contributed by atoms with E-state index in [4.69, 9.17) is 0 Å². The average Bonchev–Trinajstić information content (AvgIpc) is 2.42. The van der Waals surface area contributed by atoms with Crippen molar-refractivity contribution in [2.45, 2.75) is 19.6 Å². The highest BCUT2D eigenvalue weighted by Gasteiger charge is 2.06. The second-order valence-corrected chi connectivity index (χ2v) is 5.51. The van der Waals surface area contributed by atoms with E-state index < -0.39 is 6.10 Å². The molecule has 0 bridgehead atoms. The zero-order valence-corrected chi connectivity index (χ0v) is 12.5. The Morgan fingerprint density at radius 1 is 1.16 bits per heavy atom. The van der Waals surface area contributed by atoms with Crippen LogP contribution < -0.4 is 5.32 Å². The summed E-state index contributed by atoms with van der Waals surface area (Å²) in [5.41, 5.74) is 3.38. The number of aryl methyl sites for hydroxylation is 1. The van der Waals surface area contributed by atoms with Crippen LogP contribution in [0.25, 0.3) is 0 Å². The standard InChI is InChI=1S/C16H18BrNO/c1-12-7-8-14(15(17)9-12)10-18-11-16(19)13-5-3-2-4-6-13/h2-9,16,18-19H,10-11H2,1H3. The van der Waals surface area contributed by atoms with Gasteiger partial charge in [-0.25, -0.2) is 0 Å². The summed E-state index contributed by atoms with van der Waals surface area (Å²) < 4.78 is 1.11. The van der Waals surface area contributed by atoms with Crippen LogP contribution in [-0.4, -0.2) is 11.7 Å². The van der Waals surface area contributed by atoms with Crippen LogP contribution in [0.3, 0.4) is 0 Å². The third kappa shape index (κ3) is 4.16. The molecule has 0 fully saturated rings. The molecule has 2 aromatic rings. The highest BCUT2D eigenvalue weighted by Crippen LogP contribution is 2.18. The lowest BCUT2D eigenvalue weighted by Crippen LogP contribution is -2.21. The van der Waals surface area contributed by atoms with Crippen LogP contribution in [0.2, 0.25) is 0 Å². The first-order valence-electron chi connectivity index (χ1n) is 6.35. The van der Waals surface area contributed by atoms with Crippen molar-refractivity contribution in [3.8, 4) is 0 Å². The fourth-order valence-electron chi connectivity index (χ4n) is 1.93. The molecule has 1 unspecified atom stereocenters. The van der Waals surface area contributed by atoms with E-state index in [1.165, 1.54) is 11.1 Å². The maximum absolute atomic E-state index is 10.0. The summed E-state index contributed by atoms with van der Waals surface area (Å²) in [7, 11) is 0. The molecule has 2 nitrogen and oxygen atoms in total. The van der Waals surface area contributed by atoms with E-state index in [0.717, 1.165) is 16.6 Å². The topological polar surface area (TPSA) is 32.3 Å². The predicted molar refractivity (Wildman–Crippen MR) is 82.0 cm³/mol. The molecule has 0 heterocycles. The van der Waals surface area contributed by atoms with Crippen LogP contribution >= 0.6 is 15.9 Å². The van der Waals surface area contributed by atoms with Crippen LogP contribution in [0.15, 0.2) is 53.0 Å². The maximum atomic E-state index is 10.0. The lowest BCUT2D eigenvalue weighted by Gasteiger charge is -2.13. The number of halogens is 1. The Labute approximate surface area is 122 Å². The van der Waals surface area contributed by atoms with Crippen molar-refractivity contribution in [2.75, 3.05) is 6.54 Å². The van der Waals surface area contributed by atoms with Crippen LogP contribution in [-0.2, 0) is 6.54 Å². The van der Waals surface area contributed by atoms with Crippen molar-refractivity contribution in [1.82, 2.24) is 5.32 Å². The zero-order chi connectivity index (χ0) is 13.7. The summed E-state index contributed by atoms with van der Waals surface area (Å²) in [6.07, 6.45) is -0.467. The maximum Gasteiger partial charge on any atom is 0.0914 e. The number of benzene rings is 2. The molecule has 100 valence electrons. The van der Waals surface area contributed by atoms with Gasteiger partial charge in [0, 0.05) is 17.6 Å². The quantitative estimate of drug-likeness (QED) is 0.882. The van der Waals surface area contributed by atoms with E-state index in [0.29, 0.717) is 6.54 Å². The van der Waals surface area contributed by atoms with Gasteiger partial charge in [-0.2, -0.15) is 0 Å². The zero-order valence-electron chi connectivity index (χ0n) is 10.9. The lowest BCUT2D eigenvalue weighted by atomic mass is 10.1. The van der Waals surface area contributed by atoms with Gasteiger partial charge >= 0.3 is 0 Å². The van der Waals surface area contributed by atoms with E-state index in [-0.39, 0.29) is 0 Å². The Morgan fingerprint density at radius 2 is 1.89 bits per heavy atom. The molecule has 2 aromatic carbocycles. The third-order valence-corrected chi connectivity index (χ3v) is 3.78.